The number of amides is 3. The van der Waals surface area contributed by atoms with E-state index >= 15 is 0 Å². The van der Waals surface area contributed by atoms with E-state index in [1.165, 1.54) is 0 Å². The summed E-state index contributed by atoms with van der Waals surface area (Å²) in [5.41, 5.74) is 9.16. The highest BCUT2D eigenvalue weighted by molar-refractivity contribution is 6.03. The van der Waals surface area contributed by atoms with E-state index in [-0.39, 0.29) is 23.9 Å². The number of rotatable bonds is 12. The fourth-order valence-corrected chi connectivity index (χ4v) is 6.17. The van der Waals surface area contributed by atoms with Crippen LogP contribution in [0.1, 0.15) is 72.0 Å². The number of hydrogen-bond donors (Lipinski definition) is 2. The van der Waals surface area contributed by atoms with Crippen LogP contribution in [0.3, 0.4) is 0 Å². The molecule has 0 radical (unpaired) electrons. The van der Waals surface area contributed by atoms with E-state index in [0.29, 0.717) is 72.5 Å². The monoisotopic (exact) mass is 633 g/mol. The lowest BCUT2D eigenvalue weighted by atomic mass is 10.1. The van der Waals surface area contributed by atoms with Crippen molar-refractivity contribution in [1.29, 1.82) is 0 Å². The van der Waals surface area contributed by atoms with Gasteiger partial charge in [0, 0.05) is 64.4 Å². The third-order valence-corrected chi connectivity index (χ3v) is 8.74. The topological polar surface area (TPSA) is 148 Å². The molecule has 2 aliphatic rings. The van der Waals surface area contributed by atoms with Crippen molar-refractivity contribution in [3.63, 3.8) is 0 Å². The van der Waals surface area contributed by atoms with Gasteiger partial charge in [-0.2, -0.15) is 0 Å². The first-order valence-electron chi connectivity index (χ1n) is 15.7. The van der Waals surface area contributed by atoms with Crippen LogP contribution in [0.2, 0.25) is 0 Å². The van der Waals surface area contributed by atoms with Crippen molar-refractivity contribution in [2.45, 2.75) is 51.6 Å². The second-order valence-electron chi connectivity index (χ2n) is 11.6. The first kappa shape index (κ1) is 32.6. The molecule has 246 valence electrons. The molecule has 4 heterocycles. The number of anilines is 2. The average Bonchev–Trinajstić information content (AvgIpc) is 3.75. The van der Waals surface area contributed by atoms with Gasteiger partial charge in [0.15, 0.2) is 11.5 Å². The Labute approximate surface area is 268 Å². The minimum absolute atomic E-state index is 0.0183. The van der Waals surface area contributed by atoms with Crippen molar-refractivity contribution in [1.82, 2.24) is 18.9 Å². The Morgan fingerprint density at radius 1 is 1.11 bits per heavy atom. The quantitative estimate of drug-likeness (QED) is 0.271. The van der Waals surface area contributed by atoms with Crippen LogP contribution in [0.5, 0.6) is 11.5 Å². The number of aliphatic imine (C=N–C) groups is 1. The predicted octanol–water partition coefficient (Wildman–Crippen LogP) is 4.85. The Morgan fingerprint density at radius 2 is 1.87 bits per heavy atom. The zero-order valence-electron chi connectivity index (χ0n) is 27.1. The molecule has 2 aromatic heterocycles. The Hall–Kier alpha value is -4.78. The summed E-state index contributed by atoms with van der Waals surface area (Å²) < 4.78 is 15.0. The lowest BCUT2D eigenvalue weighted by molar-refractivity contribution is 0.0759. The number of carbonyl (C=O) groups is 3. The second kappa shape index (κ2) is 13.7. The zero-order chi connectivity index (χ0) is 33.1. The van der Waals surface area contributed by atoms with E-state index in [9.17, 15) is 19.5 Å². The molecule has 0 bridgehead atoms. The molecule has 1 saturated heterocycles. The molecule has 46 heavy (non-hydrogen) atoms. The van der Waals surface area contributed by atoms with Crippen molar-refractivity contribution in [2.24, 2.45) is 24.8 Å². The Bertz CT molecular complexity index is 1640. The highest BCUT2D eigenvalue weighted by Crippen LogP contribution is 2.38. The van der Waals surface area contributed by atoms with Gasteiger partial charge in [0.1, 0.15) is 11.5 Å². The highest BCUT2D eigenvalue weighted by Gasteiger charge is 2.33. The van der Waals surface area contributed by atoms with Crippen LogP contribution in [0, 0.1) is 0 Å². The predicted molar refractivity (Wildman–Crippen MR) is 175 cm³/mol. The molecular formula is C33H43N7O6. The number of fused-ring (bicyclic) bond motifs is 2. The number of benzene rings is 1. The highest BCUT2D eigenvalue weighted by atomic mass is 16.5. The smallest absolute Gasteiger partial charge is 0.417 e. The lowest BCUT2D eigenvalue weighted by Gasteiger charge is -2.20. The van der Waals surface area contributed by atoms with Crippen LogP contribution in [0.15, 0.2) is 41.7 Å². The summed E-state index contributed by atoms with van der Waals surface area (Å²) in [5, 5.41) is 10.2. The molecule has 13 heteroatoms. The maximum absolute atomic E-state index is 13.1. The number of methoxy groups -OCH3 is 1. The van der Waals surface area contributed by atoms with E-state index in [1.807, 2.05) is 31.2 Å². The van der Waals surface area contributed by atoms with Crippen LogP contribution in [-0.4, -0.2) is 87.6 Å². The van der Waals surface area contributed by atoms with Crippen molar-refractivity contribution in [3.8, 4) is 11.5 Å². The normalized spacial score (nSPS) is 16.1. The maximum Gasteiger partial charge on any atom is 0.417 e. The van der Waals surface area contributed by atoms with Crippen LogP contribution in [0.25, 0.3) is 0 Å². The number of hydrogen-bond acceptors (Lipinski definition) is 7. The summed E-state index contributed by atoms with van der Waals surface area (Å²) in [4.78, 5) is 47.9. The number of nitrogens with zero attached hydrogens (tertiary/aromatic N) is 6. The van der Waals surface area contributed by atoms with Crippen LogP contribution in [0.4, 0.5) is 22.0 Å². The summed E-state index contributed by atoms with van der Waals surface area (Å²) in [7, 11) is 5.03. The molecule has 1 fully saturated rings. The molecule has 0 unspecified atom stereocenters. The fraction of sp³-hybridized carbons (Fsp3) is 0.455. The Morgan fingerprint density at radius 3 is 2.57 bits per heavy atom. The summed E-state index contributed by atoms with van der Waals surface area (Å²) in [5.74, 6) is 1.17. The summed E-state index contributed by atoms with van der Waals surface area (Å²) >= 11 is 0. The number of aromatic nitrogens is 2. The molecule has 2 atom stereocenters. The minimum Gasteiger partial charge on any atom is -0.493 e. The van der Waals surface area contributed by atoms with Gasteiger partial charge in [-0.05, 0) is 63.3 Å². The number of aryl methyl sites for hydroxylation is 2. The minimum atomic E-state index is -1.18. The Balaban J connectivity index is 1.25. The van der Waals surface area contributed by atoms with Crippen molar-refractivity contribution >= 4 is 41.3 Å². The van der Waals surface area contributed by atoms with Gasteiger partial charge in [0.2, 0.25) is 0 Å². The lowest BCUT2D eigenvalue weighted by Crippen LogP contribution is -2.35. The molecule has 3 aromatic rings. The van der Waals surface area contributed by atoms with E-state index in [0.717, 1.165) is 29.8 Å². The molecule has 0 saturated carbocycles. The molecule has 3 N–H and O–H groups in total. The summed E-state index contributed by atoms with van der Waals surface area (Å²) in [6.45, 7) is 5.99. The average molecular weight is 634 g/mol. The molecule has 5 rings (SSSR count). The third-order valence-electron chi connectivity index (χ3n) is 8.74. The van der Waals surface area contributed by atoms with Gasteiger partial charge in [-0.1, -0.05) is 0 Å². The number of nitrogens with two attached hydrogens (primary N) is 1. The molecule has 2 aliphatic heterocycles. The molecule has 3 amide bonds. The standard InChI is InChI=1S/C33H43N7O6/c1-6-38(7-2)32(42)27-15-23(20-36(27)3)40(33(43)44)30-14-21(19-37(30)4)25(34)11-9-13-46-29-17-26-24(16-28(29)45-5)31(41)39-12-8-10-22(39)18-35-26/h14-20,22,25H,6-13,34H2,1-5H3,(H,43,44)/t22-,25-/m0/s1. The van der Waals surface area contributed by atoms with Gasteiger partial charge < -0.3 is 39.2 Å². The molecule has 13 nitrogen and oxygen atoms in total. The van der Waals surface area contributed by atoms with Crippen molar-refractivity contribution < 1.29 is 29.0 Å². The summed E-state index contributed by atoms with van der Waals surface area (Å²) in [6.07, 6.45) is 7.18. The van der Waals surface area contributed by atoms with Gasteiger partial charge in [0.05, 0.1) is 36.7 Å². The first-order chi connectivity index (χ1) is 22.1. The van der Waals surface area contributed by atoms with E-state index in [4.69, 9.17) is 15.2 Å². The van der Waals surface area contributed by atoms with Crippen molar-refractivity contribution in [2.75, 3.05) is 38.3 Å². The fourth-order valence-electron chi connectivity index (χ4n) is 6.17. The second-order valence-corrected chi connectivity index (χ2v) is 11.6. The SMILES string of the molecule is CCN(CC)C(=O)c1cc(N(C(=O)O)c2cc([C@@H](N)CCCOc3cc4c(cc3OC)C(=O)N3CCC[C@H]3C=N4)cn2C)cn1C. The molecule has 0 aliphatic carbocycles. The molecule has 1 aromatic carbocycles. The van der Waals surface area contributed by atoms with E-state index in [1.54, 1.807) is 65.7 Å². The Kier molecular flexibility index (Phi) is 9.71. The number of ether oxygens (including phenoxy) is 2. The van der Waals surface area contributed by atoms with Gasteiger partial charge in [-0.3, -0.25) is 14.6 Å². The van der Waals surface area contributed by atoms with Crippen LogP contribution in [-0.2, 0) is 14.1 Å². The van der Waals surface area contributed by atoms with E-state index in [2.05, 4.69) is 4.99 Å². The molecule has 0 spiro atoms. The first-order valence-corrected chi connectivity index (χ1v) is 15.7. The largest absolute Gasteiger partial charge is 0.493 e. The van der Waals surface area contributed by atoms with Gasteiger partial charge in [-0.15, -0.1) is 0 Å². The number of carboxylic acid groups (broad SMARTS) is 1. The third kappa shape index (κ3) is 6.32. The number of carbonyl (C=O) groups excluding carboxylic acids is 2. The molecular weight excluding hydrogens is 590 g/mol. The van der Waals surface area contributed by atoms with Crippen molar-refractivity contribution in [3.05, 3.63) is 53.5 Å². The summed E-state index contributed by atoms with van der Waals surface area (Å²) in [6, 6.07) is 6.45. The zero-order valence-corrected chi connectivity index (χ0v) is 27.1. The maximum atomic E-state index is 13.1. The van der Waals surface area contributed by atoms with Crippen LogP contribution >= 0.6 is 0 Å². The van der Waals surface area contributed by atoms with Gasteiger partial charge in [-0.25, -0.2) is 9.69 Å². The van der Waals surface area contributed by atoms with Gasteiger partial charge in [0.25, 0.3) is 11.8 Å². The van der Waals surface area contributed by atoms with Gasteiger partial charge >= 0.3 is 6.09 Å². The van der Waals surface area contributed by atoms with Crippen LogP contribution < -0.4 is 20.1 Å². The van der Waals surface area contributed by atoms with E-state index < -0.39 is 6.09 Å².